The number of fused-ring (bicyclic) bond motifs is 6. The molecule has 8 aromatic rings. The maximum absolute atomic E-state index is 10.8. The van der Waals surface area contributed by atoms with Crippen molar-refractivity contribution >= 4 is 43.9 Å². The number of benzene rings is 3. The molecule has 0 aliphatic heterocycles. The molecule has 0 spiro atoms. The summed E-state index contributed by atoms with van der Waals surface area (Å²) in [5.41, 5.74) is 9.48. The molecule has 0 unspecified atom stereocenters. The highest BCUT2D eigenvalue weighted by Gasteiger charge is 2.22. The van der Waals surface area contributed by atoms with E-state index in [1.54, 1.807) is 6.20 Å². The number of hydrogen-bond donors (Lipinski definition) is 0. The molecule has 0 radical (unpaired) electrons. The molecule has 0 aliphatic rings. The summed E-state index contributed by atoms with van der Waals surface area (Å²) in [5.74, 6) is 0. The van der Waals surface area contributed by atoms with Crippen LogP contribution in [0.1, 0.15) is 5.56 Å². The van der Waals surface area contributed by atoms with Crippen LogP contribution < -0.4 is 0 Å². The molecular formula is C34H20N6. The Hall–Kier alpha value is -5.80. The van der Waals surface area contributed by atoms with Crippen LogP contribution in [0, 0.1) is 11.3 Å². The van der Waals surface area contributed by atoms with E-state index in [4.69, 9.17) is 9.97 Å². The van der Waals surface area contributed by atoms with Gasteiger partial charge in [-0.2, -0.15) is 5.26 Å². The number of rotatable bonds is 3. The molecule has 0 N–H and O–H groups in total. The number of para-hydroxylation sites is 2. The normalized spacial score (nSPS) is 11.5. The fraction of sp³-hybridized carbons (Fsp3) is 0. The van der Waals surface area contributed by atoms with Crippen molar-refractivity contribution in [2.24, 2.45) is 0 Å². The molecule has 0 bridgehead atoms. The van der Waals surface area contributed by atoms with E-state index in [1.807, 2.05) is 67.0 Å². The number of hydrogen-bond acceptors (Lipinski definition) is 4. The number of nitrogens with zero attached hydrogens (tertiary/aromatic N) is 6. The van der Waals surface area contributed by atoms with Crippen LogP contribution in [0.2, 0.25) is 0 Å². The Morgan fingerprint density at radius 2 is 1.02 bits per heavy atom. The number of aromatic nitrogens is 5. The van der Waals surface area contributed by atoms with Gasteiger partial charge in [0.1, 0.15) is 11.6 Å². The van der Waals surface area contributed by atoms with Gasteiger partial charge in [-0.15, -0.1) is 0 Å². The van der Waals surface area contributed by atoms with Gasteiger partial charge in [0.25, 0.3) is 0 Å². The number of nitriles is 1. The quantitative estimate of drug-likeness (QED) is 0.244. The highest BCUT2D eigenvalue weighted by Crippen LogP contribution is 2.38. The van der Waals surface area contributed by atoms with Crippen LogP contribution in [-0.4, -0.2) is 24.1 Å². The van der Waals surface area contributed by atoms with Gasteiger partial charge in [-0.25, -0.2) is 0 Å². The van der Waals surface area contributed by atoms with Gasteiger partial charge in [0.05, 0.1) is 50.2 Å². The summed E-state index contributed by atoms with van der Waals surface area (Å²) in [4.78, 5) is 14.1. The van der Waals surface area contributed by atoms with Crippen LogP contribution in [0.4, 0.5) is 0 Å². The van der Waals surface area contributed by atoms with E-state index in [9.17, 15) is 5.26 Å². The molecule has 0 atom stereocenters. The zero-order valence-electron chi connectivity index (χ0n) is 21.2. The first-order chi connectivity index (χ1) is 19.8. The molecule has 6 nitrogen and oxygen atoms in total. The zero-order valence-corrected chi connectivity index (χ0v) is 21.2. The first-order valence-electron chi connectivity index (χ1n) is 13.0. The molecule has 5 aromatic heterocycles. The summed E-state index contributed by atoms with van der Waals surface area (Å²) < 4.78 is 4.30. The van der Waals surface area contributed by atoms with Crippen molar-refractivity contribution in [1.29, 1.82) is 5.26 Å². The Morgan fingerprint density at radius 1 is 0.525 bits per heavy atom. The molecule has 0 fully saturated rings. The predicted octanol–water partition coefficient (Wildman–Crippen LogP) is 7.60. The maximum Gasteiger partial charge on any atom is 0.104 e. The summed E-state index contributed by atoms with van der Waals surface area (Å²) in [7, 11) is 0. The van der Waals surface area contributed by atoms with Crippen molar-refractivity contribution in [3.63, 3.8) is 0 Å². The Labute approximate surface area is 229 Å². The molecule has 6 heteroatoms. The van der Waals surface area contributed by atoms with Crippen LogP contribution in [0.15, 0.2) is 122 Å². The molecule has 0 saturated carbocycles. The Balaban J connectivity index is 1.57. The predicted molar refractivity (Wildman–Crippen MR) is 159 cm³/mol. The average molecular weight is 513 g/mol. The van der Waals surface area contributed by atoms with Gasteiger partial charge in [-0.05, 0) is 60.7 Å². The Morgan fingerprint density at radius 3 is 1.55 bits per heavy atom. The van der Waals surface area contributed by atoms with Crippen molar-refractivity contribution in [3.05, 3.63) is 127 Å². The van der Waals surface area contributed by atoms with Crippen LogP contribution in [0.25, 0.3) is 66.5 Å². The van der Waals surface area contributed by atoms with E-state index in [1.165, 1.54) is 0 Å². The maximum atomic E-state index is 10.8. The second-order valence-corrected chi connectivity index (χ2v) is 9.66. The van der Waals surface area contributed by atoms with Gasteiger partial charge in [0.2, 0.25) is 0 Å². The largest absolute Gasteiger partial charge is 0.306 e. The van der Waals surface area contributed by atoms with E-state index >= 15 is 0 Å². The lowest BCUT2D eigenvalue weighted by Gasteiger charge is -2.18. The molecule has 0 amide bonds. The van der Waals surface area contributed by atoms with E-state index in [0.29, 0.717) is 5.56 Å². The lowest BCUT2D eigenvalue weighted by atomic mass is 10.0. The third kappa shape index (κ3) is 3.12. The van der Waals surface area contributed by atoms with Crippen molar-refractivity contribution in [2.45, 2.75) is 0 Å². The summed E-state index contributed by atoms with van der Waals surface area (Å²) in [6.07, 6.45) is 5.41. The topological polar surface area (TPSA) is 72.3 Å². The van der Waals surface area contributed by atoms with E-state index in [-0.39, 0.29) is 0 Å². The number of pyridine rings is 3. The van der Waals surface area contributed by atoms with E-state index < -0.39 is 0 Å². The van der Waals surface area contributed by atoms with Gasteiger partial charge >= 0.3 is 0 Å². The minimum absolute atomic E-state index is 0.553. The lowest BCUT2D eigenvalue weighted by molar-refractivity contribution is 1.11. The van der Waals surface area contributed by atoms with E-state index in [2.05, 4.69) is 68.7 Å². The molecule has 3 aromatic carbocycles. The highest BCUT2D eigenvalue weighted by atomic mass is 15.0. The minimum atomic E-state index is 0.553. The van der Waals surface area contributed by atoms with Crippen LogP contribution >= 0.6 is 0 Å². The van der Waals surface area contributed by atoms with Crippen molar-refractivity contribution < 1.29 is 0 Å². The average Bonchev–Trinajstić information content (AvgIpc) is 3.54. The molecule has 0 saturated heterocycles. The third-order valence-electron chi connectivity index (χ3n) is 7.51. The molecule has 40 heavy (non-hydrogen) atoms. The van der Waals surface area contributed by atoms with Crippen LogP contribution in [0.3, 0.4) is 0 Å². The van der Waals surface area contributed by atoms with Crippen molar-refractivity contribution in [3.8, 4) is 28.7 Å². The molecular weight excluding hydrogens is 492 g/mol. The fourth-order valence-electron chi connectivity index (χ4n) is 5.85. The summed E-state index contributed by atoms with van der Waals surface area (Å²) in [5, 5.41) is 12.9. The summed E-state index contributed by atoms with van der Waals surface area (Å²) in [6, 6.07) is 37.0. The third-order valence-corrected chi connectivity index (χ3v) is 7.51. The molecule has 8 rings (SSSR count). The van der Waals surface area contributed by atoms with E-state index in [0.717, 1.165) is 66.5 Å². The first-order valence-corrected chi connectivity index (χ1v) is 13.0. The smallest absolute Gasteiger partial charge is 0.104 e. The molecule has 186 valence electrons. The highest BCUT2D eigenvalue weighted by molar-refractivity contribution is 6.09. The lowest BCUT2D eigenvalue weighted by Crippen LogP contribution is -2.05. The van der Waals surface area contributed by atoms with Crippen LogP contribution in [-0.2, 0) is 0 Å². The standard InChI is InChI=1S/C34H20N6/c35-21-25-31(39-27-12-3-1-9-23(27)33-29(39)14-7-17-37-33)19-22(26-11-5-6-16-36-26)20-32(25)40-28-13-4-2-10-24(28)34-30(40)15-8-18-38-34/h1-20H. The SMILES string of the molecule is N#Cc1c(-n2c3ccccc3c3ncccc32)cc(-c2ccccn2)cc1-n1c2ccccc2c2ncccc21. The summed E-state index contributed by atoms with van der Waals surface area (Å²) >= 11 is 0. The zero-order chi connectivity index (χ0) is 26.6. The van der Waals surface area contributed by atoms with Crippen LogP contribution in [0.5, 0.6) is 0 Å². The minimum Gasteiger partial charge on any atom is -0.306 e. The van der Waals surface area contributed by atoms with Gasteiger partial charge < -0.3 is 9.13 Å². The molecule has 0 aliphatic carbocycles. The van der Waals surface area contributed by atoms with Crippen molar-refractivity contribution in [1.82, 2.24) is 24.1 Å². The second kappa shape index (κ2) is 8.62. The Bertz CT molecular complexity index is 2040. The van der Waals surface area contributed by atoms with Gasteiger partial charge in [0, 0.05) is 34.9 Å². The second-order valence-electron chi connectivity index (χ2n) is 9.66. The van der Waals surface area contributed by atoms with Crippen molar-refractivity contribution in [2.75, 3.05) is 0 Å². The van der Waals surface area contributed by atoms with Gasteiger partial charge in [0.15, 0.2) is 0 Å². The fourth-order valence-corrected chi connectivity index (χ4v) is 5.85. The Kier molecular flexibility index (Phi) is 4.78. The van der Waals surface area contributed by atoms with Gasteiger partial charge in [-0.1, -0.05) is 42.5 Å². The monoisotopic (exact) mass is 512 g/mol. The first kappa shape index (κ1) is 22.2. The molecule has 5 heterocycles. The van der Waals surface area contributed by atoms with Gasteiger partial charge in [-0.3, -0.25) is 15.0 Å². The summed E-state index contributed by atoms with van der Waals surface area (Å²) in [6.45, 7) is 0.